The van der Waals surface area contributed by atoms with Crippen molar-refractivity contribution in [1.29, 1.82) is 0 Å². The Kier molecular flexibility index (Phi) is 9.31. The van der Waals surface area contributed by atoms with Crippen molar-refractivity contribution >= 4 is 28.6 Å². The summed E-state index contributed by atoms with van der Waals surface area (Å²) in [6.07, 6.45) is 2.68. The summed E-state index contributed by atoms with van der Waals surface area (Å²) in [5.74, 6) is -0.323. The number of hydrogen-bond donors (Lipinski definition) is 3. The van der Waals surface area contributed by atoms with Crippen molar-refractivity contribution in [2.24, 2.45) is 5.41 Å². The van der Waals surface area contributed by atoms with Crippen molar-refractivity contribution in [3.05, 3.63) is 84.1 Å². The van der Waals surface area contributed by atoms with Gasteiger partial charge < -0.3 is 15.0 Å². The molecule has 1 aliphatic rings. The molecule has 0 radical (unpaired) electrons. The summed E-state index contributed by atoms with van der Waals surface area (Å²) in [6.45, 7) is 12.2. The average Bonchev–Trinajstić information content (AvgIpc) is 2.97. The number of rotatable bonds is 10. The number of nitrogens with zero attached hydrogens (tertiary/aromatic N) is 2. The van der Waals surface area contributed by atoms with Gasteiger partial charge in [0.05, 0.1) is 17.5 Å². The lowest BCUT2D eigenvalue weighted by Gasteiger charge is -2.43. The minimum Gasteiger partial charge on any atom is -0.486 e. The summed E-state index contributed by atoms with van der Waals surface area (Å²) < 4.78 is 6.23. The van der Waals surface area contributed by atoms with E-state index in [0.29, 0.717) is 43.7 Å². The molecule has 0 aliphatic carbocycles. The second-order valence-electron chi connectivity index (χ2n) is 11.8. The molecule has 0 spiro atoms. The molecule has 0 saturated carbocycles. The number of piperidine rings is 1. The summed E-state index contributed by atoms with van der Waals surface area (Å²) in [4.78, 5) is 45.0. The molecule has 3 aromatic rings. The van der Waals surface area contributed by atoms with Crippen LogP contribution >= 0.6 is 0 Å². The summed E-state index contributed by atoms with van der Waals surface area (Å²) in [5.41, 5.74) is 3.44. The zero-order valence-corrected chi connectivity index (χ0v) is 24.8. The number of amides is 3. The lowest BCUT2D eigenvalue weighted by atomic mass is 9.81. The fraction of sp³-hybridized carbons (Fsp3) is 0.394. The van der Waals surface area contributed by atoms with Crippen LogP contribution in [-0.2, 0) is 9.59 Å². The Morgan fingerprint density at radius 1 is 1.14 bits per heavy atom. The largest absolute Gasteiger partial charge is 0.486 e. The van der Waals surface area contributed by atoms with Gasteiger partial charge in [-0.15, -0.1) is 6.58 Å². The number of carbonyl (C=O) groups excluding carboxylic acids is 3. The number of hydroxylamine groups is 1. The van der Waals surface area contributed by atoms with Gasteiger partial charge in [0, 0.05) is 40.7 Å². The van der Waals surface area contributed by atoms with Gasteiger partial charge in [0.25, 0.3) is 5.91 Å². The Hall–Kier alpha value is -4.24. The number of aromatic nitrogens is 1. The molecule has 1 saturated heterocycles. The van der Waals surface area contributed by atoms with Gasteiger partial charge in [0.15, 0.2) is 0 Å². The Morgan fingerprint density at radius 2 is 1.81 bits per heavy atom. The van der Waals surface area contributed by atoms with Crippen LogP contribution in [0.5, 0.6) is 5.75 Å². The predicted molar refractivity (Wildman–Crippen MR) is 161 cm³/mol. The highest BCUT2D eigenvalue weighted by molar-refractivity contribution is 5.95. The smallest absolute Gasteiger partial charge is 0.251 e. The molecule has 2 aromatic carbocycles. The monoisotopic (exact) mass is 572 g/mol. The third-order valence-corrected chi connectivity index (χ3v) is 7.99. The van der Waals surface area contributed by atoms with Crippen molar-refractivity contribution < 1.29 is 24.3 Å². The highest BCUT2D eigenvalue weighted by atomic mass is 16.5. The lowest BCUT2D eigenvalue weighted by molar-refractivity contribution is -0.142. The molecule has 1 atom stereocenters. The normalized spacial score (nSPS) is 15.5. The van der Waals surface area contributed by atoms with Gasteiger partial charge in [0.1, 0.15) is 11.9 Å². The molecule has 0 bridgehead atoms. The van der Waals surface area contributed by atoms with Crippen molar-refractivity contribution in [3.8, 4) is 5.75 Å². The van der Waals surface area contributed by atoms with E-state index in [4.69, 9.17) is 4.74 Å². The van der Waals surface area contributed by atoms with Gasteiger partial charge in [-0.1, -0.05) is 38.1 Å². The number of para-hydroxylation sites is 1. The second-order valence-corrected chi connectivity index (χ2v) is 11.8. The van der Waals surface area contributed by atoms with Crippen molar-refractivity contribution in [1.82, 2.24) is 20.7 Å². The second kappa shape index (κ2) is 12.7. The first kappa shape index (κ1) is 30.7. The maximum Gasteiger partial charge on any atom is 0.251 e. The molecule has 42 heavy (non-hydrogen) atoms. The molecular formula is C33H40N4O5. The van der Waals surface area contributed by atoms with Crippen molar-refractivity contribution in [2.45, 2.75) is 65.0 Å². The van der Waals surface area contributed by atoms with Crippen LogP contribution in [0.3, 0.4) is 0 Å². The highest BCUT2D eigenvalue weighted by Crippen LogP contribution is 2.32. The molecule has 4 rings (SSSR count). The quantitative estimate of drug-likeness (QED) is 0.173. The van der Waals surface area contributed by atoms with E-state index in [2.05, 4.69) is 16.9 Å². The molecule has 1 aromatic heterocycles. The van der Waals surface area contributed by atoms with E-state index < -0.39 is 16.9 Å². The fourth-order valence-corrected chi connectivity index (χ4v) is 5.65. The van der Waals surface area contributed by atoms with Crippen molar-refractivity contribution in [3.63, 3.8) is 0 Å². The van der Waals surface area contributed by atoms with Crippen LogP contribution in [0.1, 0.15) is 74.2 Å². The fourth-order valence-electron chi connectivity index (χ4n) is 5.65. The summed E-state index contributed by atoms with van der Waals surface area (Å²) in [7, 11) is 0. The van der Waals surface area contributed by atoms with Gasteiger partial charge in [-0.05, 0) is 69.5 Å². The molecule has 3 amide bonds. The van der Waals surface area contributed by atoms with Crippen LogP contribution in [0.25, 0.3) is 10.9 Å². The SMILES string of the molecule is C=CCC(C)(C)C(=O)N1CCC(CC(=O)NO)(NC(=O)c2ccc(OC(C)c3cc(C)nc4ccccc34)cc2)CC1. The zero-order valence-electron chi connectivity index (χ0n) is 24.8. The van der Waals surface area contributed by atoms with Crippen LogP contribution in [0.15, 0.2) is 67.3 Å². The number of ether oxygens (including phenoxy) is 1. The van der Waals surface area contributed by atoms with Crippen LogP contribution < -0.4 is 15.5 Å². The first-order chi connectivity index (χ1) is 20.0. The standard InChI is InChI=1S/C33H40N4O5/c1-6-15-32(4,5)31(40)37-18-16-33(17-19-37,21-29(38)36-41)35-30(39)24-11-13-25(14-12-24)42-23(3)27-20-22(2)34-28-10-8-7-9-26(27)28/h6-14,20,23,41H,1,15-19,21H2,2-5H3,(H,35,39)(H,36,38). The third-order valence-electron chi connectivity index (χ3n) is 7.99. The summed E-state index contributed by atoms with van der Waals surface area (Å²) in [5, 5.41) is 13.3. The topological polar surface area (TPSA) is 121 Å². The van der Waals surface area contributed by atoms with Gasteiger partial charge in [-0.2, -0.15) is 0 Å². The first-order valence-electron chi connectivity index (χ1n) is 14.3. The number of fused-ring (bicyclic) bond motifs is 1. The number of nitrogens with one attached hydrogen (secondary N) is 2. The molecule has 9 heteroatoms. The Labute approximate surface area is 246 Å². The number of benzene rings is 2. The minimum atomic E-state index is -0.910. The molecular weight excluding hydrogens is 532 g/mol. The van der Waals surface area contributed by atoms with E-state index in [1.165, 1.54) is 0 Å². The average molecular weight is 573 g/mol. The van der Waals surface area contributed by atoms with Gasteiger partial charge in [0.2, 0.25) is 11.8 Å². The predicted octanol–water partition coefficient (Wildman–Crippen LogP) is 5.27. The van der Waals surface area contributed by atoms with Crippen LogP contribution in [0.2, 0.25) is 0 Å². The van der Waals surface area contributed by atoms with Crippen LogP contribution in [0.4, 0.5) is 0 Å². The number of pyridine rings is 1. The number of aryl methyl sites for hydroxylation is 1. The molecule has 9 nitrogen and oxygen atoms in total. The van der Waals surface area contributed by atoms with E-state index in [1.54, 1.807) is 40.7 Å². The number of carbonyl (C=O) groups is 3. The van der Waals surface area contributed by atoms with Gasteiger partial charge in [-0.3, -0.25) is 24.6 Å². The summed E-state index contributed by atoms with van der Waals surface area (Å²) >= 11 is 0. The number of hydrogen-bond acceptors (Lipinski definition) is 6. The molecule has 1 fully saturated rings. The molecule has 222 valence electrons. The Balaban J connectivity index is 1.45. The molecule has 1 unspecified atom stereocenters. The number of allylic oxidation sites excluding steroid dienone is 1. The molecule has 1 aliphatic heterocycles. The van der Waals surface area contributed by atoms with Crippen molar-refractivity contribution in [2.75, 3.05) is 13.1 Å². The van der Waals surface area contributed by atoms with E-state index in [9.17, 15) is 19.6 Å². The van der Waals surface area contributed by atoms with E-state index >= 15 is 0 Å². The Morgan fingerprint density at radius 3 is 2.45 bits per heavy atom. The van der Waals surface area contributed by atoms with E-state index in [0.717, 1.165) is 22.2 Å². The van der Waals surface area contributed by atoms with Crippen LogP contribution in [-0.4, -0.2) is 51.4 Å². The molecule has 3 N–H and O–H groups in total. The van der Waals surface area contributed by atoms with E-state index in [1.807, 2.05) is 58.0 Å². The minimum absolute atomic E-state index is 0.00803. The van der Waals surface area contributed by atoms with E-state index in [-0.39, 0.29) is 24.3 Å². The summed E-state index contributed by atoms with van der Waals surface area (Å²) in [6, 6.07) is 16.8. The van der Waals surface area contributed by atoms with Crippen LogP contribution in [0, 0.1) is 12.3 Å². The highest BCUT2D eigenvalue weighted by Gasteiger charge is 2.41. The maximum atomic E-state index is 13.3. The maximum absolute atomic E-state index is 13.3. The molecule has 2 heterocycles. The van der Waals surface area contributed by atoms with Gasteiger partial charge >= 0.3 is 0 Å². The lowest BCUT2D eigenvalue weighted by Crippen LogP contribution is -2.58. The zero-order chi connectivity index (χ0) is 30.5. The van der Waals surface area contributed by atoms with Gasteiger partial charge in [-0.25, -0.2) is 5.48 Å². The first-order valence-corrected chi connectivity index (χ1v) is 14.3. The Bertz CT molecular complexity index is 1460. The number of likely N-dealkylation sites (tertiary alicyclic amines) is 1. The third kappa shape index (κ3) is 6.97.